The van der Waals surface area contributed by atoms with Crippen molar-refractivity contribution in [3.63, 3.8) is 0 Å². The molecule has 2 rings (SSSR count). The second-order valence-electron chi connectivity index (χ2n) is 5.15. The highest BCUT2D eigenvalue weighted by Crippen LogP contribution is 2.20. The Kier molecular flexibility index (Phi) is 6.48. The Morgan fingerprint density at radius 1 is 1.29 bits per heavy atom. The summed E-state index contributed by atoms with van der Waals surface area (Å²) in [5.74, 6) is 0.110. The zero-order chi connectivity index (χ0) is 15.2. The molecule has 0 spiro atoms. The summed E-state index contributed by atoms with van der Waals surface area (Å²) in [6, 6.07) is 7.61. The zero-order valence-electron chi connectivity index (χ0n) is 11.8. The molecular weight excluding hydrogens is 356 g/mol. The van der Waals surface area contributed by atoms with Gasteiger partial charge >= 0.3 is 0 Å². The van der Waals surface area contributed by atoms with Crippen molar-refractivity contribution in [3.05, 3.63) is 34.9 Å². The van der Waals surface area contributed by atoms with Gasteiger partial charge in [0, 0.05) is 37.7 Å². The lowest BCUT2D eigenvalue weighted by Crippen LogP contribution is -2.51. The highest BCUT2D eigenvalue weighted by Gasteiger charge is 2.26. The van der Waals surface area contributed by atoms with Gasteiger partial charge in [-0.2, -0.15) is 0 Å². The van der Waals surface area contributed by atoms with Crippen molar-refractivity contribution in [1.82, 2.24) is 9.80 Å². The second kappa shape index (κ2) is 8.13. The molecule has 4 nitrogen and oxygen atoms in total. The van der Waals surface area contributed by atoms with Crippen LogP contribution in [0.1, 0.15) is 5.56 Å². The molecule has 1 atom stereocenters. The molecule has 1 heterocycles. The quantitative estimate of drug-likeness (QED) is 0.798. The number of alkyl halides is 1. The number of aliphatic hydroxyl groups excluding tert-OH is 1. The van der Waals surface area contributed by atoms with Crippen LogP contribution in [0.15, 0.2) is 24.3 Å². The van der Waals surface area contributed by atoms with Gasteiger partial charge in [0.25, 0.3) is 0 Å². The third-order valence-corrected chi connectivity index (χ3v) is 4.81. The van der Waals surface area contributed by atoms with Gasteiger partial charge in [0.15, 0.2) is 0 Å². The summed E-state index contributed by atoms with van der Waals surface area (Å²) >= 11 is 9.63. The van der Waals surface area contributed by atoms with Crippen LogP contribution in [0.5, 0.6) is 0 Å². The minimum Gasteiger partial charge on any atom is -0.395 e. The van der Waals surface area contributed by atoms with Crippen molar-refractivity contribution >= 4 is 33.4 Å². The Morgan fingerprint density at radius 2 is 1.95 bits per heavy atom. The van der Waals surface area contributed by atoms with Gasteiger partial charge in [-0.25, -0.2) is 0 Å². The number of piperazine rings is 1. The number of halogens is 2. The van der Waals surface area contributed by atoms with Crippen molar-refractivity contribution in [2.24, 2.45) is 0 Å². The zero-order valence-corrected chi connectivity index (χ0v) is 14.2. The maximum absolute atomic E-state index is 12.4. The van der Waals surface area contributed by atoms with E-state index in [-0.39, 0.29) is 17.3 Å². The van der Waals surface area contributed by atoms with E-state index >= 15 is 0 Å². The fraction of sp³-hybridized carbons (Fsp3) is 0.533. The Morgan fingerprint density at radius 3 is 2.57 bits per heavy atom. The van der Waals surface area contributed by atoms with Gasteiger partial charge in [-0.15, -0.1) is 0 Å². The molecule has 1 N–H and O–H groups in total. The van der Waals surface area contributed by atoms with E-state index in [9.17, 15) is 4.79 Å². The Bertz CT molecular complexity index is 478. The van der Waals surface area contributed by atoms with E-state index in [1.807, 2.05) is 29.2 Å². The largest absolute Gasteiger partial charge is 0.395 e. The van der Waals surface area contributed by atoms with E-state index < -0.39 is 0 Å². The van der Waals surface area contributed by atoms with Crippen LogP contribution in [-0.2, 0) is 11.2 Å². The lowest BCUT2D eigenvalue weighted by molar-refractivity contribution is -0.132. The smallest absolute Gasteiger partial charge is 0.236 e. The lowest BCUT2D eigenvalue weighted by Gasteiger charge is -2.35. The number of benzene rings is 1. The molecule has 1 amide bonds. The third kappa shape index (κ3) is 4.68. The van der Waals surface area contributed by atoms with Crippen LogP contribution in [0.25, 0.3) is 0 Å². The SMILES string of the molecule is O=C(C(Br)Cc1ccccc1Cl)N1CCN(CCO)CC1. The summed E-state index contributed by atoms with van der Waals surface area (Å²) in [5.41, 5.74) is 0.980. The number of β-amino-alcohol motifs (C(OH)–C–C–N with tert-alkyl or cyclic N) is 1. The van der Waals surface area contributed by atoms with E-state index in [2.05, 4.69) is 20.8 Å². The molecule has 116 valence electrons. The van der Waals surface area contributed by atoms with Gasteiger partial charge in [-0.1, -0.05) is 45.7 Å². The standard InChI is InChI=1S/C15H20BrClN2O2/c16-13(11-12-3-1-2-4-14(12)17)15(21)19-7-5-18(6-8-19)9-10-20/h1-4,13,20H,5-11H2. The molecule has 21 heavy (non-hydrogen) atoms. The number of carbonyl (C=O) groups is 1. The Hall–Kier alpha value is -0.620. The van der Waals surface area contributed by atoms with Crippen LogP contribution in [0.2, 0.25) is 5.02 Å². The molecule has 1 saturated heterocycles. The molecule has 1 aromatic rings. The molecule has 0 aliphatic carbocycles. The topological polar surface area (TPSA) is 43.8 Å². The minimum absolute atomic E-state index is 0.110. The van der Waals surface area contributed by atoms with E-state index in [1.165, 1.54) is 0 Å². The van der Waals surface area contributed by atoms with Crippen LogP contribution >= 0.6 is 27.5 Å². The van der Waals surface area contributed by atoms with Crippen LogP contribution in [0.4, 0.5) is 0 Å². The Labute approximate surface area is 138 Å². The van der Waals surface area contributed by atoms with E-state index in [0.717, 1.165) is 18.7 Å². The predicted octanol–water partition coefficient (Wildman–Crippen LogP) is 1.78. The fourth-order valence-corrected chi connectivity index (χ4v) is 3.33. The van der Waals surface area contributed by atoms with Crippen LogP contribution < -0.4 is 0 Å². The molecule has 1 aromatic carbocycles. The number of carbonyl (C=O) groups excluding carboxylic acids is 1. The molecule has 0 saturated carbocycles. The maximum Gasteiger partial charge on any atom is 0.236 e. The van der Waals surface area contributed by atoms with Gasteiger partial charge in [-0.3, -0.25) is 9.69 Å². The number of amides is 1. The normalized spacial score (nSPS) is 17.8. The van der Waals surface area contributed by atoms with Gasteiger partial charge in [-0.05, 0) is 18.1 Å². The first-order valence-corrected chi connectivity index (χ1v) is 8.40. The maximum atomic E-state index is 12.4. The van der Waals surface area contributed by atoms with Crippen molar-refractivity contribution in [2.45, 2.75) is 11.2 Å². The molecule has 1 aliphatic heterocycles. The van der Waals surface area contributed by atoms with Gasteiger partial charge < -0.3 is 10.0 Å². The van der Waals surface area contributed by atoms with Gasteiger partial charge in [0.05, 0.1) is 11.4 Å². The van der Waals surface area contributed by atoms with Crippen molar-refractivity contribution in [1.29, 1.82) is 0 Å². The minimum atomic E-state index is -0.248. The molecule has 0 aromatic heterocycles. The second-order valence-corrected chi connectivity index (χ2v) is 6.67. The molecule has 1 unspecified atom stereocenters. The number of nitrogens with zero attached hydrogens (tertiary/aromatic N) is 2. The van der Waals surface area contributed by atoms with E-state index in [4.69, 9.17) is 16.7 Å². The monoisotopic (exact) mass is 374 g/mol. The van der Waals surface area contributed by atoms with Crippen LogP contribution in [0, 0.1) is 0 Å². The molecule has 6 heteroatoms. The summed E-state index contributed by atoms with van der Waals surface area (Å²) in [4.78, 5) is 16.2. The Balaban J connectivity index is 1.87. The van der Waals surface area contributed by atoms with Gasteiger partial charge in [0.1, 0.15) is 0 Å². The summed E-state index contributed by atoms with van der Waals surface area (Å²) in [6.45, 7) is 3.91. The summed E-state index contributed by atoms with van der Waals surface area (Å²) in [7, 11) is 0. The van der Waals surface area contributed by atoms with Crippen LogP contribution in [0.3, 0.4) is 0 Å². The first-order chi connectivity index (χ1) is 10.1. The number of aliphatic hydroxyl groups is 1. The lowest BCUT2D eigenvalue weighted by atomic mass is 10.1. The summed E-state index contributed by atoms with van der Waals surface area (Å²) < 4.78 is 0. The average Bonchev–Trinajstić information content (AvgIpc) is 2.50. The van der Waals surface area contributed by atoms with E-state index in [1.54, 1.807) is 0 Å². The van der Waals surface area contributed by atoms with E-state index in [0.29, 0.717) is 31.1 Å². The predicted molar refractivity (Wildman–Crippen MR) is 88.0 cm³/mol. The first kappa shape index (κ1) is 16.7. The first-order valence-electron chi connectivity index (χ1n) is 7.11. The molecule has 0 bridgehead atoms. The number of rotatable bonds is 5. The molecule has 1 aliphatic rings. The number of hydrogen-bond donors (Lipinski definition) is 1. The van der Waals surface area contributed by atoms with Gasteiger partial charge in [0.2, 0.25) is 5.91 Å². The highest BCUT2D eigenvalue weighted by molar-refractivity contribution is 9.10. The average molecular weight is 376 g/mol. The summed E-state index contributed by atoms with van der Waals surface area (Å²) in [6.07, 6.45) is 0.593. The van der Waals surface area contributed by atoms with Crippen molar-refractivity contribution < 1.29 is 9.90 Å². The van der Waals surface area contributed by atoms with Crippen molar-refractivity contribution in [3.8, 4) is 0 Å². The fourth-order valence-electron chi connectivity index (χ4n) is 2.48. The van der Waals surface area contributed by atoms with Crippen molar-refractivity contribution in [2.75, 3.05) is 39.3 Å². The third-order valence-electron chi connectivity index (χ3n) is 3.73. The summed E-state index contributed by atoms with van der Waals surface area (Å²) in [5, 5.41) is 9.63. The highest BCUT2D eigenvalue weighted by atomic mass is 79.9. The van der Waals surface area contributed by atoms with Crippen LogP contribution in [-0.4, -0.2) is 65.0 Å². The molecule has 0 radical (unpaired) electrons. The number of hydrogen-bond acceptors (Lipinski definition) is 3. The molecule has 1 fully saturated rings. The molecular formula is C15H20BrClN2O2.